The van der Waals surface area contributed by atoms with Crippen LogP contribution in [0.2, 0.25) is 6.32 Å². The second kappa shape index (κ2) is 4.37. The molecule has 0 bridgehead atoms. The highest BCUT2D eigenvalue weighted by atomic mass is 32.2. The van der Waals surface area contributed by atoms with Gasteiger partial charge in [-0.3, -0.25) is 5.14 Å². The van der Waals surface area contributed by atoms with Gasteiger partial charge in [0.2, 0.25) is 6.56 Å². The molecule has 0 aromatic heterocycles. The first-order valence-corrected chi connectivity index (χ1v) is 2.78. The lowest BCUT2D eigenvalue weighted by atomic mass is 10.1. The van der Waals surface area contributed by atoms with Crippen molar-refractivity contribution in [1.29, 1.82) is 0 Å². The molecule has 0 spiro atoms. The molecule has 1 nitrogen and oxygen atoms in total. The van der Waals surface area contributed by atoms with Crippen molar-refractivity contribution in [3.8, 4) is 0 Å². The minimum absolute atomic E-state index is 1.08. The van der Waals surface area contributed by atoms with Gasteiger partial charge in [0.15, 0.2) is 0 Å². The first kappa shape index (κ1) is 5.37. The van der Waals surface area contributed by atoms with E-state index in [9.17, 15) is 0 Å². The fourth-order valence-corrected chi connectivity index (χ4v) is 0.354. The molecule has 5 heavy (non-hydrogen) atoms. The average molecular weight is 89.0 g/mol. The molecular formula is C2H8BNS. The first-order valence-electron chi connectivity index (χ1n) is 1.73. The topological polar surface area (TPSA) is 26.0 Å². The van der Waals surface area contributed by atoms with Crippen molar-refractivity contribution in [2.75, 3.05) is 0 Å². The number of nitrogens with two attached hydrogens (primary N) is 1. The Morgan fingerprint density at radius 3 is 2.60 bits per heavy atom. The maximum Gasteiger partial charge on any atom is 0.211 e. The molecule has 0 radical (unpaired) electrons. The Morgan fingerprint density at radius 1 is 2.00 bits per heavy atom. The van der Waals surface area contributed by atoms with Crippen LogP contribution in [0.15, 0.2) is 0 Å². The van der Waals surface area contributed by atoms with Gasteiger partial charge in [0.05, 0.1) is 0 Å². The monoisotopic (exact) mass is 89.0 g/mol. The predicted octanol–water partition coefficient (Wildman–Crippen LogP) is 0.383. The van der Waals surface area contributed by atoms with Crippen LogP contribution in [0.5, 0.6) is 0 Å². The van der Waals surface area contributed by atoms with E-state index >= 15 is 0 Å². The van der Waals surface area contributed by atoms with Gasteiger partial charge < -0.3 is 0 Å². The van der Waals surface area contributed by atoms with Crippen molar-refractivity contribution in [3.05, 3.63) is 0 Å². The summed E-state index contributed by atoms with van der Waals surface area (Å²) in [5.74, 6) is 0. The highest BCUT2D eigenvalue weighted by Crippen LogP contribution is 1.82. The van der Waals surface area contributed by atoms with Crippen molar-refractivity contribution >= 4 is 18.4 Å². The third kappa shape index (κ3) is 4.37. The molecule has 3 heteroatoms. The zero-order valence-corrected chi connectivity index (χ0v) is 4.22. The Bertz CT molecular complexity index is 17.1. The van der Waals surface area contributed by atoms with Gasteiger partial charge in [-0.1, -0.05) is 13.2 Å². The molecule has 0 aromatic carbocycles. The Kier molecular flexibility index (Phi) is 4.70. The first-order chi connectivity index (χ1) is 2.41. The van der Waals surface area contributed by atoms with E-state index in [1.165, 1.54) is 18.1 Å². The molecule has 0 aliphatic rings. The van der Waals surface area contributed by atoms with Crippen LogP contribution in [0.25, 0.3) is 0 Å². The maximum absolute atomic E-state index is 5.06. The SMILES string of the molecule is CCBSN. The molecule has 0 saturated carbocycles. The van der Waals surface area contributed by atoms with Crippen LogP contribution in [0.3, 0.4) is 0 Å². The van der Waals surface area contributed by atoms with E-state index in [1.54, 1.807) is 0 Å². The fourth-order valence-electron chi connectivity index (χ4n) is 0.118. The summed E-state index contributed by atoms with van der Waals surface area (Å²) in [6.45, 7) is 3.19. The molecule has 0 aliphatic heterocycles. The van der Waals surface area contributed by atoms with Gasteiger partial charge in [0.1, 0.15) is 0 Å². The quantitative estimate of drug-likeness (QED) is 0.391. The van der Waals surface area contributed by atoms with Gasteiger partial charge in [0.25, 0.3) is 0 Å². The lowest BCUT2D eigenvalue weighted by molar-refractivity contribution is 1.48. The zero-order chi connectivity index (χ0) is 4.12. The summed E-state index contributed by atoms with van der Waals surface area (Å²) >= 11 is 1.40. The van der Waals surface area contributed by atoms with Gasteiger partial charge >= 0.3 is 0 Å². The Hall–Kier alpha value is 0.375. The Balaban J connectivity index is 2.19. The van der Waals surface area contributed by atoms with Gasteiger partial charge in [-0.15, -0.1) is 11.8 Å². The Labute approximate surface area is 37.6 Å². The van der Waals surface area contributed by atoms with Gasteiger partial charge in [-0.25, -0.2) is 0 Å². The lowest BCUT2D eigenvalue weighted by Crippen LogP contribution is -1.83. The molecule has 0 aromatic rings. The smallest absolute Gasteiger partial charge is 0.211 e. The van der Waals surface area contributed by atoms with Crippen LogP contribution in [-0.2, 0) is 0 Å². The van der Waals surface area contributed by atoms with Crippen LogP contribution in [-0.4, -0.2) is 6.56 Å². The third-order valence-electron chi connectivity index (χ3n) is 0.322. The minimum atomic E-state index is 1.08. The largest absolute Gasteiger partial charge is 0.288 e. The average Bonchev–Trinajstić information content (AvgIpc) is 1.41. The number of hydrogen-bond donors (Lipinski definition) is 1. The summed E-state index contributed by atoms with van der Waals surface area (Å²) < 4.78 is 0. The highest BCUT2D eigenvalue weighted by Gasteiger charge is 1.74. The molecule has 0 saturated heterocycles. The van der Waals surface area contributed by atoms with Crippen LogP contribution in [0.1, 0.15) is 6.92 Å². The minimum Gasteiger partial charge on any atom is -0.288 e. The summed E-state index contributed by atoms with van der Waals surface area (Å²) in [7, 11) is 0. The van der Waals surface area contributed by atoms with E-state index in [4.69, 9.17) is 5.14 Å². The van der Waals surface area contributed by atoms with E-state index in [0.717, 1.165) is 6.56 Å². The van der Waals surface area contributed by atoms with Crippen LogP contribution < -0.4 is 5.14 Å². The van der Waals surface area contributed by atoms with E-state index in [1.807, 2.05) is 0 Å². The van der Waals surface area contributed by atoms with E-state index in [2.05, 4.69) is 6.92 Å². The van der Waals surface area contributed by atoms with E-state index in [0.29, 0.717) is 0 Å². The molecule has 0 unspecified atom stereocenters. The molecule has 0 atom stereocenters. The highest BCUT2D eigenvalue weighted by molar-refractivity contribution is 8.20. The molecule has 2 N–H and O–H groups in total. The third-order valence-corrected chi connectivity index (χ3v) is 0.966. The summed E-state index contributed by atoms with van der Waals surface area (Å²) in [6.07, 6.45) is 1.18. The zero-order valence-electron chi connectivity index (χ0n) is 3.40. The second-order valence-electron chi connectivity index (χ2n) is 0.871. The summed E-state index contributed by atoms with van der Waals surface area (Å²) in [4.78, 5) is 0. The normalized spacial score (nSPS) is 7.60. The summed E-state index contributed by atoms with van der Waals surface area (Å²) in [5.41, 5.74) is 0. The van der Waals surface area contributed by atoms with Crippen LogP contribution >= 0.6 is 11.8 Å². The van der Waals surface area contributed by atoms with Crippen molar-refractivity contribution in [2.24, 2.45) is 5.14 Å². The number of rotatable bonds is 2. The van der Waals surface area contributed by atoms with Gasteiger partial charge in [-0.05, 0) is 0 Å². The van der Waals surface area contributed by atoms with Gasteiger partial charge in [-0.2, -0.15) is 0 Å². The predicted molar refractivity (Wildman–Crippen MR) is 29.4 cm³/mol. The van der Waals surface area contributed by atoms with Crippen molar-refractivity contribution in [2.45, 2.75) is 13.2 Å². The number of hydrogen-bond acceptors (Lipinski definition) is 2. The molecule has 0 amide bonds. The second-order valence-corrected chi connectivity index (χ2v) is 1.61. The van der Waals surface area contributed by atoms with Gasteiger partial charge in [0, 0.05) is 0 Å². The fraction of sp³-hybridized carbons (Fsp3) is 1.00. The maximum atomic E-state index is 5.06. The molecule has 0 aliphatic carbocycles. The van der Waals surface area contributed by atoms with Crippen LogP contribution in [0, 0.1) is 0 Å². The van der Waals surface area contributed by atoms with E-state index in [-0.39, 0.29) is 0 Å². The molecular weight excluding hydrogens is 80.9 g/mol. The lowest BCUT2D eigenvalue weighted by Gasteiger charge is -1.76. The molecule has 0 rings (SSSR count). The molecule has 30 valence electrons. The Morgan fingerprint density at radius 2 is 2.60 bits per heavy atom. The molecule has 0 fully saturated rings. The summed E-state index contributed by atoms with van der Waals surface area (Å²) in [6, 6.07) is 0. The summed E-state index contributed by atoms with van der Waals surface area (Å²) in [5, 5.41) is 5.06. The van der Waals surface area contributed by atoms with E-state index < -0.39 is 0 Å². The molecule has 0 heterocycles. The standard InChI is InChI=1S/C2H8BNS/c1-2-3-5-4/h3H,2,4H2,1H3. The van der Waals surface area contributed by atoms with Crippen molar-refractivity contribution < 1.29 is 0 Å². The van der Waals surface area contributed by atoms with Crippen LogP contribution in [0.4, 0.5) is 0 Å². The van der Waals surface area contributed by atoms with Crippen molar-refractivity contribution in [1.82, 2.24) is 0 Å². The van der Waals surface area contributed by atoms with Crippen molar-refractivity contribution in [3.63, 3.8) is 0 Å².